The lowest BCUT2D eigenvalue weighted by atomic mass is 10.1. The van der Waals surface area contributed by atoms with Crippen LogP contribution >= 0.6 is 11.6 Å². The molecule has 0 atom stereocenters. The van der Waals surface area contributed by atoms with Crippen molar-refractivity contribution in [1.82, 2.24) is 0 Å². The first-order chi connectivity index (χ1) is 8.43. The van der Waals surface area contributed by atoms with Gasteiger partial charge in [0.25, 0.3) is 0 Å². The number of ether oxygens (including phenoxy) is 2. The Bertz CT molecular complexity index is 454. The average molecular weight is 271 g/mol. The van der Waals surface area contributed by atoms with Gasteiger partial charge in [0.15, 0.2) is 5.78 Å². The van der Waals surface area contributed by atoms with Crippen molar-refractivity contribution in [2.45, 2.75) is 26.4 Å². The van der Waals surface area contributed by atoms with Gasteiger partial charge in [0.1, 0.15) is 12.2 Å². The Kier molecular flexibility index (Phi) is 5.16. The molecule has 98 valence electrons. The summed E-state index contributed by atoms with van der Waals surface area (Å²) >= 11 is 5.99. The first-order valence-electron chi connectivity index (χ1n) is 5.50. The zero-order valence-corrected chi connectivity index (χ0v) is 11.3. The Hall–Kier alpha value is -1.55. The summed E-state index contributed by atoms with van der Waals surface area (Å²) in [6.07, 6.45) is -0.295. The number of ketones is 1. The molecule has 0 aliphatic carbocycles. The molecule has 0 amide bonds. The number of benzene rings is 1. The molecule has 0 radical (unpaired) electrons. The number of esters is 1. The highest BCUT2D eigenvalue weighted by Gasteiger charge is 2.14. The SMILES string of the molecule is COC(=O)CC(=O)c1ccc(OC(C)C)c(Cl)c1. The second-order valence-electron chi connectivity index (χ2n) is 3.99. The van der Waals surface area contributed by atoms with Gasteiger partial charge in [0, 0.05) is 5.56 Å². The lowest BCUT2D eigenvalue weighted by molar-refractivity contribution is -0.139. The number of methoxy groups -OCH3 is 1. The molecular formula is C13H15ClO4. The van der Waals surface area contributed by atoms with Crippen LogP contribution in [0.25, 0.3) is 0 Å². The maximum atomic E-state index is 11.7. The minimum Gasteiger partial charge on any atom is -0.489 e. The van der Waals surface area contributed by atoms with Crippen molar-refractivity contribution < 1.29 is 19.1 Å². The van der Waals surface area contributed by atoms with Crippen molar-refractivity contribution in [3.63, 3.8) is 0 Å². The topological polar surface area (TPSA) is 52.6 Å². The zero-order valence-electron chi connectivity index (χ0n) is 10.5. The third-order valence-corrected chi connectivity index (χ3v) is 2.44. The zero-order chi connectivity index (χ0) is 13.7. The van der Waals surface area contributed by atoms with Gasteiger partial charge in [-0.3, -0.25) is 9.59 Å². The molecule has 0 aromatic heterocycles. The molecule has 0 aliphatic rings. The summed E-state index contributed by atoms with van der Waals surface area (Å²) in [5.41, 5.74) is 0.363. The van der Waals surface area contributed by atoms with E-state index in [1.807, 2.05) is 13.8 Å². The summed E-state index contributed by atoms with van der Waals surface area (Å²) in [6.45, 7) is 3.76. The Morgan fingerprint density at radius 2 is 2.00 bits per heavy atom. The molecule has 0 saturated heterocycles. The van der Waals surface area contributed by atoms with Crippen molar-refractivity contribution >= 4 is 23.4 Å². The fourth-order valence-electron chi connectivity index (χ4n) is 1.33. The summed E-state index contributed by atoms with van der Waals surface area (Å²) < 4.78 is 9.88. The number of halogens is 1. The number of Topliss-reactive ketones (excluding diaryl/α,β-unsaturated/α-hetero) is 1. The van der Waals surface area contributed by atoms with E-state index in [1.54, 1.807) is 12.1 Å². The predicted molar refractivity (Wildman–Crippen MR) is 68.2 cm³/mol. The van der Waals surface area contributed by atoms with E-state index in [-0.39, 0.29) is 18.3 Å². The van der Waals surface area contributed by atoms with Crippen LogP contribution in [0.4, 0.5) is 0 Å². The van der Waals surface area contributed by atoms with E-state index in [0.717, 1.165) is 0 Å². The van der Waals surface area contributed by atoms with Crippen LogP contribution < -0.4 is 4.74 Å². The van der Waals surface area contributed by atoms with Gasteiger partial charge >= 0.3 is 5.97 Å². The van der Waals surface area contributed by atoms with Crippen LogP contribution in [0, 0.1) is 0 Å². The molecule has 1 aromatic carbocycles. The van der Waals surface area contributed by atoms with Gasteiger partial charge in [-0.2, -0.15) is 0 Å². The number of carbonyl (C=O) groups excluding carboxylic acids is 2. The molecule has 0 heterocycles. The van der Waals surface area contributed by atoms with E-state index in [0.29, 0.717) is 16.3 Å². The van der Waals surface area contributed by atoms with E-state index < -0.39 is 5.97 Å². The van der Waals surface area contributed by atoms with Crippen molar-refractivity contribution in [3.05, 3.63) is 28.8 Å². The third-order valence-electron chi connectivity index (χ3n) is 2.15. The van der Waals surface area contributed by atoms with E-state index in [1.165, 1.54) is 13.2 Å². The van der Waals surface area contributed by atoms with Crippen molar-refractivity contribution in [1.29, 1.82) is 0 Å². The average Bonchev–Trinajstić information content (AvgIpc) is 2.30. The van der Waals surface area contributed by atoms with Gasteiger partial charge in [-0.05, 0) is 32.0 Å². The van der Waals surface area contributed by atoms with Crippen LogP contribution in [0.15, 0.2) is 18.2 Å². The molecule has 0 N–H and O–H groups in total. The van der Waals surface area contributed by atoms with Crippen LogP contribution in [-0.2, 0) is 9.53 Å². The monoisotopic (exact) mass is 270 g/mol. The molecule has 18 heavy (non-hydrogen) atoms. The van der Waals surface area contributed by atoms with Crippen LogP contribution in [0.2, 0.25) is 5.02 Å². The summed E-state index contributed by atoms with van der Waals surface area (Å²) in [5.74, 6) is -0.389. The predicted octanol–water partition coefficient (Wildman–Crippen LogP) is 2.87. The molecule has 0 fully saturated rings. The minimum atomic E-state index is -0.571. The number of rotatable bonds is 5. The lowest BCUT2D eigenvalue weighted by Gasteiger charge is -2.11. The second kappa shape index (κ2) is 6.40. The highest BCUT2D eigenvalue weighted by Crippen LogP contribution is 2.26. The Labute approximate surface area is 111 Å². The van der Waals surface area contributed by atoms with Crippen molar-refractivity contribution in [3.8, 4) is 5.75 Å². The highest BCUT2D eigenvalue weighted by molar-refractivity contribution is 6.32. The standard InChI is InChI=1S/C13H15ClO4/c1-8(2)18-12-5-4-9(6-10(12)14)11(15)7-13(16)17-3/h4-6,8H,7H2,1-3H3. The normalized spacial score (nSPS) is 10.3. The molecule has 0 aliphatic heterocycles. The van der Waals surface area contributed by atoms with Gasteiger partial charge in [-0.1, -0.05) is 11.6 Å². The second-order valence-corrected chi connectivity index (χ2v) is 4.40. The van der Waals surface area contributed by atoms with E-state index in [4.69, 9.17) is 16.3 Å². The number of carbonyl (C=O) groups is 2. The van der Waals surface area contributed by atoms with E-state index in [9.17, 15) is 9.59 Å². The molecule has 5 heteroatoms. The van der Waals surface area contributed by atoms with E-state index >= 15 is 0 Å². The fourth-order valence-corrected chi connectivity index (χ4v) is 1.55. The molecular weight excluding hydrogens is 256 g/mol. The summed E-state index contributed by atoms with van der Waals surface area (Å²) in [4.78, 5) is 22.7. The van der Waals surface area contributed by atoms with Crippen LogP contribution in [0.3, 0.4) is 0 Å². The Balaban J connectivity index is 2.83. The molecule has 1 aromatic rings. The molecule has 0 unspecified atom stereocenters. The van der Waals surface area contributed by atoms with Gasteiger partial charge in [-0.15, -0.1) is 0 Å². The van der Waals surface area contributed by atoms with Gasteiger partial charge < -0.3 is 9.47 Å². The van der Waals surface area contributed by atoms with Crippen molar-refractivity contribution in [2.75, 3.05) is 7.11 Å². The highest BCUT2D eigenvalue weighted by atomic mass is 35.5. The van der Waals surface area contributed by atoms with Gasteiger partial charge in [0.05, 0.1) is 18.2 Å². The van der Waals surface area contributed by atoms with Crippen LogP contribution in [-0.4, -0.2) is 25.0 Å². The maximum absolute atomic E-state index is 11.7. The summed E-state index contributed by atoms with van der Waals surface area (Å²) in [5, 5.41) is 0.347. The largest absolute Gasteiger partial charge is 0.489 e. The van der Waals surface area contributed by atoms with Crippen LogP contribution in [0.1, 0.15) is 30.6 Å². The molecule has 0 saturated carbocycles. The van der Waals surface area contributed by atoms with Crippen LogP contribution in [0.5, 0.6) is 5.75 Å². The maximum Gasteiger partial charge on any atom is 0.313 e. The van der Waals surface area contributed by atoms with Gasteiger partial charge in [-0.25, -0.2) is 0 Å². The lowest BCUT2D eigenvalue weighted by Crippen LogP contribution is -2.10. The van der Waals surface area contributed by atoms with Gasteiger partial charge in [0.2, 0.25) is 0 Å². The van der Waals surface area contributed by atoms with Crippen molar-refractivity contribution in [2.24, 2.45) is 0 Å². The molecule has 1 rings (SSSR count). The number of hydrogen-bond acceptors (Lipinski definition) is 4. The summed E-state index contributed by atoms with van der Waals surface area (Å²) in [7, 11) is 1.24. The molecule has 0 bridgehead atoms. The Morgan fingerprint density at radius 1 is 1.33 bits per heavy atom. The first-order valence-corrected chi connectivity index (χ1v) is 5.88. The van der Waals surface area contributed by atoms with E-state index in [2.05, 4.69) is 4.74 Å². The fraction of sp³-hybridized carbons (Fsp3) is 0.385. The molecule has 4 nitrogen and oxygen atoms in total. The number of hydrogen-bond donors (Lipinski definition) is 0. The minimum absolute atomic E-state index is 0.000814. The Morgan fingerprint density at radius 3 is 2.50 bits per heavy atom. The first kappa shape index (κ1) is 14.5. The summed E-state index contributed by atoms with van der Waals surface area (Å²) in [6, 6.07) is 4.69. The quantitative estimate of drug-likeness (QED) is 0.469. The molecule has 0 spiro atoms. The third kappa shape index (κ3) is 4.04. The smallest absolute Gasteiger partial charge is 0.313 e.